The van der Waals surface area contributed by atoms with Gasteiger partial charge >= 0.3 is 0 Å². The first-order chi connectivity index (χ1) is 12.8. The highest BCUT2D eigenvalue weighted by Gasteiger charge is 2.19. The second-order valence-corrected chi connectivity index (χ2v) is 7.14. The lowest BCUT2D eigenvalue weighted by Gasteiger charge is -2.14. The number of benzene rings is 2. The molecule has 134 valence electrons. The van der Waals surface area contributed by atoms with E-state index in [9.17, 15) is 4.79 Å². The third kappa shape index (κ3) is 3.79. The Labute approximate surface area is 154 Å². The number of nitrogens with zero attached hydrogens (tertiary/aromatic N) is 2. The molecule has 4 rings (SSSR count). The molecule has 3 aromatic rings. The number of fused-ring (bicyclic) bond motifs is 1. The second-order valence-electron chi connectivity index (χ2n) is 7.14. The molecular weight excluding hydrogens is 322 g/mol. The molecule has 1 N–H and O–H groups in total. The molecule has 1 aromatic heterocycles. The Bertz CT molecular complexity index is 879. The lowest BCUT2D eigenvalue weighted by molar-refractivity contribution is -0.122. The van der Waals surface area contributed by atoms with Gasteiger partial charge in [0.1, 0.15) is 12.4 Å². The number of imidazole rings is 1. The van der Waals surface area contributed by atoms with Gasteiger partial charge in [0.05, 0.1) is 11.0 Å². The van der Waals surface area contributed by atoms with Crippen molar-refractivity contribution in [3.8, 4) is 0 Å². The van der Waals surface area contributed by atoms with E-state index in [-0.39, 0.29) is 5.91 Å². The molecule has 1 aliphatic rings. The van der Waals surface area contributed by atoms with Gasteiger partial charge in [0.2, 0.25) is 5.91 Å². The van der Waals surface area contributed by atoms with Crippen LogP contribution in [0.1, 0.15) is 37.1 Å². The quantitative estimate of drug-likeness (QED) is 0.735. The predicted octanol–water partition coefficient (Wildman–Crippen LogP) is 3.88. The molecule has 0 bridgehead atoms. The lowest BCUT2D eigenvalue weighted by Crippen LogP contribution is -2.35. The van der Waals surface area contributed by atoms with Crippen molar-refractivity contribution in [3.05, 3.63) is 66.0 Å². The van der Waals surface area contributed by atoms with Gasteiger partial charge in [-0.15, -0.1) is 0 Å². The zero-order chi connectivity index (χ0) is 17.8. The summed E-state index contributed by atoms with van der Waals surface area (Å²) in [6.45, 7) is 0.348. The number of rotatable bonds is 6. The van der Waals surface area contributed by atoms with Crippen LogP contribution in [0.3, 0.4) is 0 Å². The molecule has 1 heterocycles. The Morgan fingerprint density at radius 2 is 1.73 bits per heavy atom. The predicted molar refractivity (Wildman–Crippen MR) is 104 cm³/mol. The Morgan fingerprint density at radius 3 is 2.54 bits per heavy atom. The van der Waals surface area contributed by atoms with E-state index < -0.39 is 0 Å². The number of carbonyl (C=O) groups is 1. The molecule has 0 saturated heterocycles. The summed E-state index contributed by atoms with van der Waals surface area (Å²) in [6.07, 6.45) is 6.42. The Kier molecular flexibility index (Phi) is 5.00. The standard InChI is InChI=1S/C22H25N3O/c26-22(23-18-10-4-5-11-18)16-25-20-13-7-6-12-19(20)24-21(25)15-14-17-8-2-1-3-9-17/h1-3,6-9,12-13,18H,4-5,10-11,14-16H2,(H,23,26). The number of aromatic nitrogens is 2. The van der Waals surface area contributed by atoms with Crippen molar-refractivity contribution in [1.82, 2.24) is 14.9 Å². The Balaban J connectivity index is 1.54. The summed E-state index contributed by atoms with van der Waals surface area (Å²) in [5.41, 5.74) is 3.29. The van der Waals surface area contributed by atoms with Crippen LogP contribution in [0.5, 0.6) is 0 Å². The molecule has 0 radical (unpaired) electrons. The van der Waals surface area contributed by atoms with E-state index in [1.165, 1.54) is 18.4 Å². The van der Waals surface area contributed by atoms with E-state index >= 15 is 0 Å². The van der Waals surface area contributed by atoms with Crippen molar-refractivity contribution in [2.45, 2.75) is 51.1 Å². The normalized spacial score (nSPS) is 14.8. The summed E-state index contributed by atoms with van der Waals surface area (Å²) in [5, 5.41) is 3.20. The molecule has 1 saturated carbocycles. The molecule has 0 atom stereocenters. The van der Waals surface area contributed by atoms with Crippen molar-refractivity contribution in [2.24, 2.45) is 0 Å². The fraction of sp³-hybridized carbons (Fsp3) is 0.364. The number of aryl methyl sites for hydroxylation is 2. The number of hydrogen-bond donors (Lipinski definition) is 1. The maximum absolute atomic E-state index is 12.6. The fourth-order valence-corrected chi connectivity index (χ4v) is 3.88. The summed E-state index contributed by atoms with van der Waals surface area (Å²) in [5.74, 6) is 1.08. The van der Waals surface area contributed by atoms with Crippen molar-refractivity contribution in [3.63, 3.8) is 0 Å². The number of nitrogens with one attached hydrogen (secondary N) is 1. The molecule has 2 aromatic carbocycles. The maximum atomic E-state index is 12.6. The van der Waals surface area contributed by atoms with Gasteiger partial charge in [-0.2, -0.15) is 0 Å². The van der Waals surface area contributed by atoms with E-state index in [1.807, 2.05) is 24.3 Å². The molecular formula is C22H25N3O. The van der Waals surface area contributed by atoms with Crippen molar-refractivity contribution < 1.29 is 4.79 Å². The van der Waals surface area contributed by atoms with Gasteiger partial charge in [0, 0.05) is 12.5 Å². The van der Waals surface area contributed by atoms with E-state index in [2.05, 4.69) is 40.2 Å². The number of carbonyl (C=O) groups excluding carboxylic acids is 1. The summed E-state index contributed by atoms with van der Waals surface area (Å²) >= 11 is 0. The molecule has 26 heavy (non-hydrogen) atoms. The van der Waals surface area contributed by atoms with Gasteiger partial charge in [-0.1, -0.05) is 55.3 Å². The average Bonchev–Trinajstić information content (AvgIpc) is 3.29. The molecule has 0 aliphatic heterocycles. The van der Waals surface area contributed by atoms with Crippen molar-refractivity contribution in [1.29, 1.82) is 0 Å². The van der Waals surface area contributed by atoms with Gasteiger partial charge in [0.25, 0.3) is 0 Å². The van der Waals surface area contributed by atoms with Crippen LogP contribution >= 0.6 is 0 Å². The minimum Gasteiger partial charge on any atom is -0.352 e. The third-order valence-electron chi connectivity index (χ3n) is 5.24. The lowest BCUT2D eigenvalue weighted by atomic mass is 10.1. The molecule has 1 amide bonds. The van der Waals surface area contributed by atoms with Crippen molar-refractivity contribution in [2.75, 3.05) is 0 Å². The Morgan fingerprint density at radius 1 is 1.00 bits per heavy atom. The van der Waals surface area contributed by atoms with Crippen LogP contribution in [0.15, 0.2) is 54.6 Å². The molecule has 0 unspecified atom stereocenters. The summed E-state index contributed by atoms with van der Waals surface area (Å²) < 4.78 is 2.09. The largest absolute Gasteiger partial charge is 0.352 e. The maximum Gasteiger partial charge on any atom is 0.240 e. The number of hydrogen-bond acceptors (Lipinski definition) is 2. The van der Waals surface area contributed by atoms with Gasteiger partial charge < -0.3 is 9.88 Å². The summed E-state index contributed by atoms with van der Waals surface area (Å²) in [7, 11) is 0. The topological polar surface area (TPSA) is 46.9 Å². The van der Waals surface area contributed by atoms with Crippen LogP contribution in [-0.4, -0.2) is 21.5 Å². The van der Waals surface area contributed by atoms with Crippen LogP contribution in [-0.2, 0) is 24.2 Å². The molecule has 0 spiro atoms. The third-order valence-corrected chi connectivity index (χ3v) is 5.24. The molecule has 4 nitrogen and oxygen atoms in total. The van der Waals surface area contributed by atoms with E-state index in [4.69, 9.17) is 4.98 Å². The average molecular weight is 347 g/mol. The Hall–Kier alpha value is -2.62. The van der Waals surface area contributed by atoms with Gasteiger partial charge in [-0.3, -0.25) is 4.79 Å². The minimum atomic E-state index is 0.0982. The number of para-hydroxylation sites is 2. The van der Waals surface area contributed by atoms with Crippen molar-refractivity contribution >= 4 is 16.9 Å². The number of amides is 1. The highest BCUT2D eigenvalue weighted by Crippen LogP contribution is 2.19. The highest BCUT2D eigenvalue weighted by atomic mass is 16.2. The smallest absolute Gasteiger partial charge is 0.240 e. The molecule has 1 fully saturated rings. The van der Waals surface area contributed by atoms with Crippen LogP contribution in [0.25, 0.3) is 11.0 Å². The van der Waals surface area contributed by atoms with E-state index in [0.717, 1.165) is 42.5 Å². The van der Waals surface area contributed by atoms with Crippen LogP contribution in [0.2, 0.25) is 0 Å². The zero-order valence-electron chi connectivity index (χ0n) is 15.0. The summed E-state index contributed by atoms with van der Waals surface area (Å²) in [6, 6.07) is 18.9. The molecule has 1 aliphatic carbocycles. The van der Waals surface area contributed by atoms with E-state index in [1.54, 1.807) is 0 Å². The van der Waals surface area contributed by atoms with Crippen LogP contribution in [0.4, 0.5) is 0 Å². The van der Waals surface area contributed by atoms with Gasteiger partial charge in [-0.05, 0) is 37.0 Å². The molecule has 4 heteroatoms. The van der Waals surface area contributed by atoms with Crippen LogP contribution < -0.4 is 5.32 Å². The fourth-order valence-electron chi connectivity index (χ4n) is 3.88. The minimum absolute atomic E-state index is 0.0982. The first kappa shape index (κ1) is 16.8. The van der Waals surface area contributed by atoms with Crippen LogP contribution in [0, 0.1) is 0 Å². The first-order valence-corrected chi connectivity index (χ1v) is 9.57. The summed E-state index contributed by atoms with van der Waals surface area (Å²) in [4.78, 5) is 17.4. The zero-order valence-corrected chi connectivity index (χ0v) is 15.0. The van der Waals surface area contributed by atoms with Gasteiger partial charge in [0.15, 0.2) is 0 Å². The SMILES string of the molecule is O=C(Cn1c(CCc2ccccc2)nc2ccccc21)NC1CCCC1. The van der Waals surface area contributed by atoms with E-state index in [0.29, 0.717) is 12.6 Å². The highest BCUT2D eigenvalue weighted by molar-refractivity contribution is 5.81. The first-order valence-electron chi connectivity index (χ1n) is 9.57. The van der Waals surface area contributed by atoms with Gasteiger partial charge in [-0.25, -0.2) is 4.98 Å². The second kappa shape index (κ2) is 7.73. The monoisotopic (exact) mass is 347 g/mol.